The van der Waals surface area contributed by atoms with Crippen LogP contribution in [0.25, 0.3) is 0 Å². The van der Waals surface area contributed by atoms with Gasteiger partial charge >= 0.3 is 0 Å². The second-order valence-corrected chi connectivity index (χ2v) is 3.87. The van der Waals surface area contributed by atoms with E-state index < -0.39 is 0 Å². The van der Waals surface area contributed by atoms with Gasteiger partial charge in [0.1, 0.15) is 5.78 Å². The van der Waals surface area contributed by atoms with Crippen LogP contribution in [0, 0.1) is 23.7 Å². The van der Waals surface area contributed by atoms with Crippen LogP contribution >= 0.6 is 0 Å². The van der Waals surface area contributed by atoms with E-state index in [0.717, 1.165) is 12.8 Å². The Labute approximate surface area is 60.1 Å². The third kappa shape index (κ3) is 0.309. The summed E-state index contributed by atoms with van der Waals surface area (Å²) < 4.78 is 0. The highest BCUT2D eigenvalue weighted by atomic mass is 16.1. The van der Waals surface area contributed by atoms with Crippen molar-refractivity contribution in [2.24, 2.45) is 23.7 Å². The number of ketones is 1. The minimum Gasteiger partial charge on any atom is -0.299 e. The van der Waals surface area contributed by atoms with Crippen molar-refractivity contribution < 1.29 is 4.79 Å². The Morgan fingerprint density at radius 2 is 1.60 bits per heavy atom. The molecule has 0 N–H and O–H groups in total. The third-order valence-corrected chi connectivity index (χ3v) is 3.67. The average molecular weight is 134 g/mol. The maximum atomic E-state index is 11.3. The number of carbonyl (C=O) groups excluding carboxylic acids is 1. The summed E-state index contributed by atoms with van der Waals surface area (Å²) >= 11 is 0. The Kier molecular flexibility index (Phi) is 0.627. The minimum absolute atomic E-state index is 0.419. The molecule has 4 fully saturated rings. The molecule has 0 saturated heterocycles. The zero-order valence-electron chi connectivity index (χ0n) is 5.84. The predicted molar refractivity (Wildman–Crippen MR) is 37.3 cm³/mol. The van der Waals surface area contributed by atoms with Crippen LogP contribution < -0.4 is 0 Å². The van der Waals surface area contributed by atoms with E-state index in [1.807, 2.05) is 0 Å². The summed E-state index contributed by atoms with van der Waals surface area (Å²) in [7, 11) is 0. The van der Waals surface area contributed by atoms with E-state index in [4.69, 9.17) is 0 Å². The molecule has 0 unspecified atom stereocenters. The fourth-order valence-corrected chi connectivity index (χ4v) is 3.20. The highest BCUT2D eigenvalue weighted by Crippen LogP contribution is 2.62. The molecule has 0 heterocycles. The van der Waals surface area contributed by atoms with Gasteiger partial charge < -0.3 is 0 Å². The smallest absolute Gasteiger partial charge is 0.140 e. The van der Waals surface area contributed by atoms with Crippen LogP contribution in [0.4, 0.5) is 0 Å². The molecule has 1 nitrogen and oxygen atoms in total. The van der Waals surface area contributed by atoms with Crippen LogP contribution in [0.5, 0.6) is 0 Å². The first-order valence-corrected chi connectivity index (χ1v) is 4.01. The number of Topliss-reactive ketones (excluding diaryl/α,β-unsaturated/α-hetero) is 1. The Morgan fingerprint density at radius 3 is 1.90 bits per heavy atom. The normalized spacial score (nSPS) is 55.6. The number of allylic oxidation sites excluding steroid dienone is 1. The Morgan fingerprint density at radius 1 is 1.10 bits per heavy atom. The van der Waals surface area contributed by atoms with Gasteiger partial charge in [0.2, 0.25) is 0 Å². The minimum atomic E-state index is 0.419. The lowest BCUT2D eigenvalue weighted by atomic mass is 9.95. The van der Waals surface area contributed by atoms with Crippen molar-refractivity contribution in [1.82, 2.24) is 0 Å². The Bertz CT molecular complexity index is 195. The summed E-state index contributed by atoms with van der Waals surface area (Å²) in [6.45, 7) is 4.04. The van der Waals surface area contributed by atoms with Crippen LogP contribution in [0.2, 0.25) is 0 Å². The summed E-state index contributed by atoms with van der Waals surface area (Å²) in [5, 5.41) is 0. The van der Waals surface area contributed by atoms with Crippen LogP contribution in [0.15, 0.2) is 12.2 Å². The molecule has 4 atom stereocenters. The first kappa shape index (κ1) is 5.11. The Balaban J connectivity index is 2.20. The molecule has 0 aromatic heterocycles. The van der Waals surface area contributed by atoms with Crippen molar-refractivity contribution in [3.05, 3.63) is 12.2 Å². The third-order valence-electron chi connectivity index (χ3n) is 3.67. The second-order valence-electron chi connectivity index (χ2n) is 3.87. The van der Waals surface area contributed by atoms with Crippen molar-refractivity contribution in [1.29, 1.82) is 0 Å². The average Bonchev–Trinajstić information content (AvgIpc) is 2.55. The molecule has 0 spiro atoms. The molecule has 4 saturated carbocycles. The van der Waals surface area contributed by atoms with Gasteiger partial charge in [0.05, 0.1) is 0 Å². The molecule has 4 rings (SSSR count). The van der Waals surface area contributed by atoms with Crippen molar-refractivity contribution >= 4 is 5.78 Å². The molecular weight excluding hydrogens is 124 g/mol. The lowest BCUT2D eigenvalue weighted by Gasteiger charge is -2.08. The van der Waals surface area contributed by atoms with Crippen molar-refractivity contribution in [3.63, 3.8) is 0 Å². The van der Waals surface area contributed by atoms with Crippen molar-refractivity contribution in [2.75, 3.05) is 0 Å². The predicted octanol–water partition coefficient (Wildman–Crippen LogP) is 1.40. The summed E-state index contributed by atoms with van der Waals surface area (Å²) in [6.07, 6.45) is 2.29. The zero-order chi connectivity index (χ0) is 6.88. The molecule has 0 radical (unpaired) electrons. The second kappa shape index (κ2) is 1.23. The quantitative estimate of drug-likeness (QED) is 0.458. The SMILES string of the molecule is C=C1[C@H]2C[C@@H]3C(=O)[C@H]2C[C@H]13. The number of hydrogen-bond donors (Lipinski definition) is 0. The lowest BCUT2D eigenvalue weighted by Crippen LogP contribution is -2.13. The standard InChI is InChI=1S/C9H10O/c1-4-5-2-7-6(4)3-8(5)9(7)10/h5-8H,1-3H2/t5-,6-,7+,8+/m1/s1. The molecule has 0 aromatic carbocycles. The molecule has 52 valence electrons. The first-order chi connectivity index (χ1) is 4.79. The zero-order valence-corrected chi connectivity index (χ0v) is 5.84. The van der Waals surface area contributed by atoms with E-state index in [-0.39, 0.29) is 0 Å². The van der Waals surface area contributed by atoms with E-state index in [0.29, 0.717) is 29.5 Å². The van der Waals surface area contributed by atoms with Crippen LogP contribution in [-0.2, 0) is 4.79 Å². The van der Waals surface area contributed by atoms with Gasteiger partial charge in [-0.3, -0.25) is 4.79 Å². The van der Waals surface area contributed by atoms with Crippen molar-refractivity contribution in [3.8, 4) is 0 Å². The molecular formula is C9H10O. The molecule has 0 aromatic rings. The summed E-state index contributed by atoms with van der Waals surface area (Å²) in [4.78, 5) is 11.3. The number of rotatable bonds is 0. The summed E-state index contributed by atoms with van der Waals surface area (Å²) in [5.41, 5.74) is 1.40. The molecule has 4 aliphatic rings. The van der Waals surface area contributed by atoms with E-state index >= 15 is 0 Å². The van der Waals surface area contributed by atoms with Gasteiger partial charge in [-0.15, -0.1) is 0 Å². The van der Waals surface area contributed by atoms with Gasteiger partial charge in [-0.05, 0) is 24.7 Å². The van der Waals surface area contributed by atoms with E-state index in [1.165, 1.54) is 5.57 Å². The van der Waals surface area contributed by atoms with Crippen molar-refractivity contribution in [2.45, 2.75) is 12.8 Å². The summed E-state index contributed by atoms with van der Waals surface area (Å²) in [5.74, 6) is 2.62. The van der Waals surface area contributed by atoms with Gasteiger partial charge in [0.25, 0.3) is 0 Å². The molecule has 1 heteroatoms. The van der Waals surface area contributed by atoms with E-state index in [9.17, 15) is 4.79 Å². The van der Waals surface area contributed by atoms with Gasteiger partial charge in [0.15, 0.2) is 0 Å². The molecule has 0 aliphatic heterocycles. The Hall–Kier alpha value is -0.590. The molecule has 0 amide bonds. The monoisotopic (exact) mass is 134 g/mol. The molecule has 10 heavy (non-hydrogen) atoms. The van der Waals surface area contributed by atoms with Gasteiger partial charge in [-0.2, -0.15) is 0 Å². The topological polar surface area (TPSA) is 17.1 Å². The van der Waals surface area contributed by atoms with E-state index in [2.05, 4.69) is 6.58 Å². The van der Waals surface area contributed by atoms with Crippen LogP contribution in [-0.4, -0.2) is 5.78 Å². The fraction of sp³-hybridized carbons (Fsp3) is 0.667. The van der Waals surface area contributed by atoms with Crippen LogP contribution in [0.1, 0.15) is 12.8 Å². The highest BCUT2D eigenvalue weighted by molar-refractivity contribution is 5.91. The fourth-order valence-electron chi connectivity index (χ4n) is 3.20. The maximum absolute atomic E-state index is 11.3. The molecule has 4 bridgehead atoms. The number of hydrogen-bond acceptors (Lipinski definition) is 1. The maximum Gasteiger partial charge on any atom is 0.140 e. The van der Waals surface area contributed by atoms with Crippen LogP contribution in [0.3, 0.4) is 0 Å². The van der Waals surface area contributed by atoms with Gasteiger partial charge in [-0.1, -0.05) is 12.2 Å². The van der Waals surface area contributed by atoms with E-state index in [1.54, 1.807) is 0 Å². The van der Waals surface area contributed by atoms with Gasteiger partial charge in [-0.25, -0.2) is 0 Å². The number of carbonyl (C=O) groups is 1. The highest BCUT2D eigenvalue weighted by Gasteiger charge is 2.61. The summed E-state index contributed by atoms with van der Waals surface area (Å²) in [6, 6.07) is 0. The van der Waals surface area contributed by atoms with Gasteiger partial charge in [0, 0.05) is 11.8 Å². The largest absolute Gasteiger partial charge is 0.299 e. The first-order valence-electron chi connectivity index (χ1n) is 4.01. The molecule has 4 aliphatic carbocycles. The lowest BCUT2D eigenvalue weighted by molar-refractivity contribution is -0.122.